The zero-order valence-corrected chi connectivity index (χ0v) is 16.4. The highest BCUT2D eigenvalue weighted by atomic mass is 35.5. The first-order valence-corrected chi connectivity index (χ1v) is 9.25. The number of carbonyl (C=O) groups is 2. The van der Waals surface area contributed by atoms with Crippen LogP contribution < -0.4 is 16.1 Å². The summed E-state index contributed by atoms with van der Waals surface area (Å²) < 4.78 is 5.26. The Bertz CT molecular complexity index is 696. The molecule has 0 aliphatic heterocycles. The van der Waals surface area contributed by atoms with E-state index in [4.69, 9.17) is 16.3 Å². The molecule has 1 heterocycles. The van der Waals surface area contributed by atoms with Crippen LogP contribution in [-0.2, 0) is 9.53 Å². The Morgan fingerprint density at radius 2 is 2.04 bits per heavy atom. The molecule has 4 N–H and O–H groups in total. The molecule has 0 bridgehead atoms. The van der Waals surface area contributed by atoms with E-state index in [2.05, 4.69) is 15.6 Å². The summed E-state index contributed by atoms with van der Waals surface area (Å²) in [6.45, 7) is 5.38. The van der Waals surface area contributed by atoms with E-state index in [1.54, 1.807) is 20.8 Å². The average Bonchev–Trinajstić information content (AvgIpc) is 2.54. The minimum Gasteiger partial charge on any atom is -0.444 e. The summed E-state index contributed by atoms with van der Waals surface area (Å²) in [5.74, 6) is -0.340. The smallest absolute Gasteiger partial charge is 0.444 e. The van der Waals surface area contributed by atoms with E-state index in [1.165, 1.54) is 12.3 Å². The number of nitrogens with zero attached hydrogens (tertiary/aromatic N) is 1. The van der Waals surface area contributed by atoms with Gasteiger partial charge in [0.2, 0.25) is 5.91 Å². The fourth-order valence-electron chi connectivity index (χ4n) is 2.98. The average molecular weight is 398 g/mol. The number of hydrogen-bond donors (Lipinski definition) is 4. The Morgan fingerprint density at radius 1 is 1.33 bits per heavy atom. The predicted molar refractivity (Wildman–Crippen MR) is 103 cm³/mol. The Labute approximate surface area is 163 Å². The van der Waals surface area contributed by atoms with Crippen molar-refractivity contribution in [2.45, 2.75) is 58.1 Å². The molecular weight excluding hydrogens is 372 g/mol. The molecule has 2 amide bonds. The zero-order chi connectivity index (χ0) is 20.2. The van der Waals surface area contributed by atoms with Gasteiger partial charge in [-0.3, -0.25) is 4.79 Å². The number of pyridine rings is 1. The molecule has 0 radical (unpaired) electrons. The molecule has 10 heteroatoms. The Hall–Kier alpha value is -1.84. The minimum absolute atomic E-state index is 0.0649. The molecule has 1 fully saturated rings. The molecule has 1 aliphatic rings. The van der Waals surface area contributed by atoms with E-state index in [-0.39, 0.29) is 34.2 Å². The second kappa shape index (κ2) is 8.90. The van der Waals surface area contributed by atoms with Crippen molar-refractivity contribution in [2.24, 2.45) is 5.92 Å². The molecule has 0 spiro atoms. The van der Waals surface area contributed by atoms with Gasteiger partial charge in [-0.2, -0.15) is 0 Å². The van der Waals surface area contributed by atoms with Gasteiger partial charge in [0.25, 0.3) is 0 Å². The molecule has 8 nitrogen and oxygen atoms in total. The van der Waals surface area contributed by atoms with E-state index < -0.39 is 18.8 Å². The van der Waals surface area contributed by atoms with Crippen molar-refractivity contribution in [3.63, 3.8) is 0 Å². The lowest BCUT2D eigenvalue weighted by Crippen LogP contribution is -2.43. The largest absolute Gasteiger partial charge is 0.490 e. The molecule has 0 aromatic carbocycles. The molecule has 2 atom stereocenters. The van der Waals surface area contributed by atoms with Crippen LogP contribution in [0.5, 0.6) is 0 Å². The molecule has 1 saturated carbocycles. The van der Waals surface area contributed by atoms with Crippen LogP contribution in [0.4, 0.5) is 10.6 Å². The number of ether oxygens (including phenoxy) is 1. The Balaban J connectivity index is 1.95. The first kappa shape index (κ1) is 21.5. The lowest BCUT2D eigenvalue weighted by Gasteiger charge is -2.30. The maximum Gasteiger partial charge on any atom is 0.490 e. The molecule has 0 saturated heterocycles. The van der Waals surface area contributed by atoms with E-state index in [0.29, 0.717) is 12.8 Å². The highest BCUT2D eigenvalue weighted by molar-refractivity contribution is 6.62. The van der Waals surface area contributed by atoms with Gasteiger partial charge in [-0.15, -0.1) is 0 Å². The van der Waals surface area contributed by atoms with Crippen LogP contribution in [0.15, 0.2) is 12.3 Å². The fraction of sp³-hybridized carbons (Fsp3) is 0.588. The Kier molecular flexibility index (Phi) is 7.08. The number of halogens is 1. The molecule has 1 aromatic rings. The molecule has 0 unspecified atom stereocenters. The maximum atomic E-state index is 12.5. The number of anilines is 1. The lowest BCUT2D eigenvalue weighted by molar-refractivity contribution is -0.121. The van der Waals surface area contributed by atoms with Gasteiger partial charge in [0.15, 0.2) is 0 Å². The summed E-state index contributed by atoms with van der Waals surface area (Å²) in [5, 5.41) is 24.2. The number of aromatic nitrogens is 1. The van der Waals surface area contributed by atoms with E-state index in [9.17, 15) is 19.6 Å². The molecule has 27 heavy (non-hydrogen) atoms. The van der Waals surface area contributed by atoms with Crippen molar-refractivity contribution in [1.82, 2.24) is 10.3 Å². The van der Waals surface area contributed by atoms with Gasteiger partial charge in [0.05, 0.1) is 5.02 Å². The van der Waals surface area contributed by atoms with Crippen LogP contribution in [0.1, 0.15) is 46.5 Å². The summed E-state index contributed by atoms with van der Waals surface area (Å²) in [7, 11) is -1.76. The van der Waals surface area contributed by atoms with Gasteiger partial charge in [-0.05, 0) is 46.1 Å². The third kappa shape index (κ3) is 6.68. The standard InChI is InChI=1S/C17H25BClN3O5/c1-17(2,3)27-16(24)21-11-6-4-5-10(7-11)15(23)22-14-8-12(18(25)26)13(19)9-20-14/h8-11,25-26H,4-7H2,1-3H3,(H,21,24)(H,20,22,23)/t10-,11+/m0/s1. The van der Waals surface area contributed by atoms with Crippen LogP contribution >= 0.6 is 11.6 Å². The van der Waals surface area contributed by atoms with Gasteiger partial charge in [-0.1, -0.05) is 18.0 Å². The van der Waals surface area contributed by atoms with Crippen LogP contribution in [0.3, 0.4) is 0 Å². The van der Waals surface area contributed by atoms with Crippen LogP contribution in [0.25, 0.3) is 0 Å². The molecular formula is C17H25BClN3O5. The molecule has 1 aliphatic carbocycles. The second-order valence-corrected chi connectivity index (χ2v) is 8.07. The van der Waals surface area contributed by atoms with Crippen molar-refractivity contribution in [1.29, 1.82) is 0 Å². The van der Waals surface area contributed by atoms with Crippen molar-refractivity contribution in [3.8, 4) is 0 Å². The topological polar surface area (TPSA) is 121 Å². The van der Waals surface area contributed by atoms with Crippen molar-refractivity contribution in [2.75, 3.05) is 5.32 Å². The highest BCUT2D eigenvalue weighted by Crippen LogP contribution is 2.26. The second-order valence-electron chi connectivity index (χ2n) is 7.66. The summed E-state index contributed by atoms with van der Waals surface area (Å²) in [4.78, 5) is 28.5. The third-order valence-electron chi connectivity index (χ3n) is 4.18. The van der Waals surface area contributed by atoms with Gasteiger partial charge in [0.1, 0.15) is 11.4 Å². The van der Waals surface area contributed by atoms with Crippen molar-refractivity contribution < 1.29 is 24.4 Å². The minimum atomic E-state index is -1.76. The summed E-state index contributed by atoms with van der Waals surface area (Å²) in [5.41, 5.74) is -0.514. The number of rotatable bonds is 4. The molecule has 2 rings (SSSR count). The number of nitrogens with one attached hydrogen (secondary N) is 2. The normalized spacial score (nSPS) is 19.9. The number of alkyl carbamates (subject to hydrolysis) is 1. The molecule has 148 valence electrons. The fourth-order valence-corrected chi connectivity index (χ4v) is 3.18. The van der Waals surface area contributed by atoms with Crippen molar-refractivity contribution >= 4 is 42.0 Å². The maximum absolute atomic E-state index is 12.5. The van der Waals surface area contributed by atoms with Crippen molar-refractivity contribution in [3.05, 3.63) is 17.3 Å². The Morgan fingerprint density at radius 3 is 2.67 bits per heavy atom. The van der Waals surface area contributed by atoms with Crippen LogP contribution in [0.2, 0.25) is 5.02 Å². The van der Waals surface area contributed by atoms with Crippen LogP contribution in [-0.4, -0.2) is 45.8 Å². The zero-order valence-electron chi connectivity index (χ0n) is 15.7. The van der Waals surface area contributed by atoms with Crippen LogP contribution in [0, 0.1) is 5.92 Å². The lowest BCUT2D eigenvalue weighted by atomic mass is 9.81. The first-order chi connectivity index (χ1) is 12.5. The van der Waals surface area contributed by atoms with Gasteiger partial charge in [-0.25, -0.2) is 9.78 Å². The summed E-state index contributed by atoms with van der Waals surface area (Å²) >= 11 is 5.84. The first-order valence-electron chi connectivity index (χ1n) is 8.87. The summed E-state index contributed by atoms with van der Waals surface area (Å²) in [6, 6.07) is 1.18. The number of amides is 2. The SMILES string of the molecule is CC(C)(C)OC(=O)N[C@@H]1CCC[C@H](C(=O)Nc2cc(B(O)O)c(Cl)cn2)C1. The molecule has 1 aromatic heterocycles. The van der Waals surface area contributed by atoms with Gasteiger partial charge in [0, 0.05) is 23.6 Å². The quantitative estimate of drug-likeness (QED) is 0.570. The third-order valence-corrected chi connectivity index (χ3v) is 4.50. The summed E-state index contributed by atoms with van der Waals surface area (Å²) in [6.07, 6.45) is 3.53. The van der Waals surface area contributed by atoms with E-state index in [0.717, 1.165) is 12.8 Å². The van der Waals surface area contributed by atoms with E-state index in [1.807, 2.05) is 0 Å². The van der Waals surface area contributed by atoms with Gasteiger partial charge < -0.3 is 25.4 Å². The number of carbonyl (C=O) groups excluding carboxylic acids is 2. The highest BCUT2D eigenvalue weighted by Gasteiger charge is 2.30. The number of hydrogen-bond acceptors (Lipinski definition) is 6. The van der Waals surface area contributed by atoms with E-state index >= 15 is 0 Å². The monoisotopic (exact) mass is 397 g/mol. The van der Waals surface area contributed by atoms with Gasteiger partial charge >= 0.3 is 13.2 Å². The predicted octanol–water partition coefficient (Wildman–Crippen LogP) is 1.44.